The van der Waals surface area contributed by atoms with Crippen LogP contribution in [0.5, 0.6) is 0 Å². The highest BCUT2D eigenvalue weighted by Crippen LogP contribution is 2.24. The predicted molar refractivity (Wildman–Crippen MR) is 108 cm³/mol. The molecule has 138 valence electrons. The van der Waals surface area contributed by atoms with Gasteiger partial charge in [0.15, 0.2) is 0 Å². The summed E-state index contributed by atoms with van der Waals surface area (Å²) in [5.41, 5.74) is 2.89. The van der Waals surface area contributed by atoms with Gasteiger partial charge in [-0.2, -0.15) is 0 Å². The van der Waals surface area contributed by atoms with Crippen LogP contribution in [0.25, 0.3) is 0 Å². The van der Waals surface area contributed by atoms with Crippen molar-refractivity contribution in [2.75, 3.05) is 6.54 Å². The average Bonchev–Trinajstić information content (AvgIpc) is 2.68. The molecule has 0 aliphatic heterocycles. The van der Waals surface area contributed by atoms with Gasteiger partial charge in [-0.05, 0) is 36.1 Å². The first-order chi connectivity index (χ1) is 13.1. The standard InChI is InChI=1S/C23H24N2O2/c1-18-13-16-25(21(26)17-18)15-8-14-24-23(27)22(19-9-4-2-5-10-19)20-11-6-3-7-12-20/h2-7,9-13,16-17,22H,8,14-15H2,1H3,(H,24,27). The van der Waals surface area contributed by atoms with Crippen LogP contribution in [0.2, 0.25) is 0 Å². The second-order valence-electron chi connectivity index (χ2n) is 6.63. The molecule has 1 N–H and O–H groups in total. The van der Waals surface area contributed by atoms with Gasteiger partial charge < -0.3 is 9.88 Å². The van der Waals surface area contributed by atoms with Crippen LogP contribution in [-0.2, 0) is 11.3 Å². The summed E-state index contributed by atoms with van der Waals surface area (Å²) in [5.74, 6) is -0.363. The minimum absolute atomic E-state index is 0.00669. The van der Waals surface area contributed by atoms with E-state index < -0.39 is 0 Å². The van der Waals surface area contributed by atoms with E-state index in [9.17, 15) is 9.59 Å². The molecule has 0 fully saturated rings. The zero-order chi connectivity index (χ0) is 19.1. The molecule has 1 heterocycles. The third-order valence-electron chi connectivity index (χ3n) is 4.55. The summed E-state index contributed by atoms with van der Waals surface area (Å²) in [5, 5.41) is 3.03. The molecule has 1 aromatic heterocycles. The smallest absolute Gasteiger partial charge is 0.250 e. The normalized spacial score (nSPS) is 10.7. The van der Waals surface area contributed by atoms with Crippen molar-refractivity contribution in [2.45, 2.75) is 25.8 Å². The Morgan fingerprint density at radius 3 is 2.11 bits per heavy atom. The Morgan fingerprint density at radius 1 is 0.963 bits per heavy atom. The summed E-state index contributed by atoms with van der Waals surface area (Å²) in [6, 6.07) is 23.1. The molecule has 0 spiro atoms. The molecule has 4 nitrogen and oxygen atoms in total. The van der Waals surface area contributed by atoms with E-state index in [1.807, 2.05) is 73.7 Å². The van der Waals surface area contributed by atoms with Crippen molar-refractivity contribution in [3.8, 4) is 0 Å². The maximum Gasteiger partial charge on any atom is 0.250 e. The van der Waals surface area contributed by atoms with Crippen LogP contribution in [-0.4, -0.2) is 17.0 Å². The van der Waals surface area contributed by atoms with Crippen molar-refractivity contribution >= 4 is 5.91 Å². The van der Waals surface area contributed by atoms with E-state index in [-0.39, 0.29) is 17.4 Å². The van der Waals surface area contributed by atoms with E-state index in [1.54, 1.807) is 16.8 Å². The lowest BCUT2D eigenvalue weighted by Crippen LogP contribution is -2.32. The monoisotopic (exact) mass is 360 g/mol. The molecule has 0 aliphatic carbocycles. The number of aryl methyl sites for hydroxylation is 2. The van der Waals surface area contributed by atoms with E-state index in [1.165, 1.54) is 0 Å². The second kappa shape index (κ2) is 8.99. The third kappa shape index (κ3) is 4.94. The minimum atomic E-state index is -0.338. The number of rotatable bonds is 7. The van der Waals surface area contributed by atoms with Crippen LogP contribution in [0.3, 0.4) is 0 Å². The molecule has 4 heteroatoms. The van der Waals surface area contributed by atoms with Crippen LogP contribution in [0.4, 0.5) is 0 Å². The highest BCUT2D eigenvalue weighted by molar-refractivity contribution is 5.87. The Labute approximate surface area is 159 Å². The fourth-order valence-corrected chi connectivity index (χ4v) is 3.14. The van der Waals surface area contributed by atoms with Gasteiger partial charge in [-0.25, -0.2) is 0 Å². The minimum Gasteiger partial charge on any atom is -0.355 e. The molecule has 1 amide bonds. The molecular formula is C23H24N2O2. The molecule has 0 aliphatic rings. The van der Waals surface area contributed by atoms with Gasteiger partial charge in [0.05, 0.1) is 5.92 Å². The highest BCUT2D eigenvalue weighted by Gasteiger charge is 2.21. The molecule has 0 radical (unpaired) electrons. The van der Waals surface area contributed by atoms with Crippen molar-refractivity contribution < 1.29 is 4.79 Å². The zero-order valence-electron chi connectivity index (χ0n) is 15.5. The van der Waals surface area contributed by atoms with Gasteiger partial charge in [0.2, 0.25) is 5.91 Å². The van der Waals surface area contributed by atoms with Crippen molar-refractivity contribution in [1.29, 1.82) is 0 Å². The Kier molecular flexibility index (Phi) is 6.21. The highest BCUT2D eigenvalue weighted by atomic mass is 16.2. The molecule has 0 atom stereocenters. The number of benzene rings is 2. The van der Waals surface area contributed by atoms with Crippen LogP contribution >= 0.6 is 0 Å². The molecular weight excluding hydrogens is 336 g/mol. The number of amides is 1. The van der Waals surface area contributed by atoms with Gasteiger partial charge in [-0.1, -0.05) is 60.7 Å². The Balaban J connectivity index is 1.64. The van der Waals surface area contributed by atoms with E-state index in [4.69, 9.17) is 0 Å². The summed E-state index contributed by atoms with van der Waals surface area (Å²) < 4.78 is 1.67. The van der Waals surface area contributed by atoms with Crippen LogP contribution < -0.4 is 10.9 Å². The van der Waals surface area contributed by atoms with Crippen LogP contribution in [0.1, 0.15) is 29.0 Å². The number of carbonyl (C=O) groups excluding carboxylic acids is 1. The molecule has 0 bridgehead atoms. The lowest BCUT2D eigenvalue weighted by atomic mass is 9.90. The average molecular weight is 360 g/mol. The van der Waals surface area contributed by atoms with Crippen LogP contribution in [0, 0.1) is 6.92 Å². The van der Waals surface area contributed by atoms with Gasteiger partial charge in [0, 0.05) is 25.4 Å². The summed E-state index contributed by atoms with van der Waals surface area (Å²) in [6.07, 6.45) is 2.50. The number of nitrogens with zero attached hydrogens (tertiary/aromatic N) is 1. The van der Waals surface area contributed by atoms with Gasteiger partial charge in [-0.3, -0.25) is 9.59 Å². The van der Waals surface area contributed by atoms with Crippen molar-refractivity contribution in [1.82, 2.24) is 9.88 Å². The number of carbonyl (C=O) groups is 1. The van der Waals surface area contributed by atoms with Gasteiger partial charge in [-0.15, -0.1) is 0 Å². The van der Waals surface area contributed by atoms with Crippen molar-refractivity contribution in [2.24, 2.45) is 0 Å². The molecule has 0 unspecified atom stereocenters. The molecule has 3 rings (SSSR count). The fraction of sp³-hybridized carbons (Fsp3) is 0.217. The number of pyridine rings is 1. The summed E-state index contributed by atoms with van der Waals surface area (Å²) in [4.78, 5) is 24.8. The van der Waals surface area contributed by atoms with Gasteiger partial charge in [0.1, 0.15) is 0 Å². The second-order valence-corrected chi connectivity index (χ2v) is 6.63. The lowest BCUT2D eigenvalue weighted by molar-refractivity contribution is -0.121. The molecule has 27 heavy (non-hydrogen) atoms. The number of hydrogen-bond donors (Lipinski definition) is 1. The van der Waals surface area contributed by atoms with Crippen LogP contribution in [0.15, 0.2) is 83.8 Å². The molecule has 0 saturated heterocycles. The molecule has 3 aromatic rings. The van der Waals surface area contributed by atoms with Gasteiger partial charge in [0.25, 0.3) is 5.56 Å². The Morgan fingerprint density at radius 2 is 1.56 bits per heavy atom. The van der Waals surface area contributed by atoms with E-state index in [0.717, 1.165) is 16.7 Å². The third-order valence-corrected chi connectivity index (χ3v) is 4.55. The first kappa shape index (κ1) is 18.6. The van der Waals surface area contributed by atoms with Gasteiger partial charge >= 0.3 is 0 Å². The summed E-state index contributed by atoms with van der Waals surface area (Å²) in [6.45, 7) is 3.01. The first-order valence-electron chi connectivity index (χ1n) is 9.20. The maximum atomic E-state index is 12.9. The number of hydrogen-bond acceptors (Lipinski definition) is 2. The molecule has 2 aromatic carbocycles. The van der Waals surface area contributed by atoms with E-state index in [2.05, 4.69) is 5.32 Å². The zero-order valence-corrected chi connectivity index (χ0v) is 15.5. The number of aromatic nitrogens is 1. The first-order valence-corrected chi connectivity index (χ1v) is 9.20. The largest absolute Gasteiger partial charge is 0.355 e. The Bertz CT molecular complexity index is 894. The van der Waals surface area contributed by atoms with Crippen molar-refractivity contribution in [3.63, 3.8) is 0 Å². The maximum absolute atomic E-state index is 12.9. The predicted octanol–water partition coefficient (Wildman–Crippen LogP) is 3.50. The fourth-order valence-electron chi connectivity index (χ4n) is 3.14. The number of nitrogens with one attached hydrogen (secondary N) is 1. The van der Waals surface area contributed by atoms with E-state index in [0.29, 0.717) is 19.5 Å². The summed E-state index contributed by atoms with van der Waals surface area (Å²) >= 11 is 0. The summed E-state index contributed by atoms with van der Waals surface area (Å²) in [7, 11) is 0. The quantitative estimate of drug-likeness (QED) is 0.656. The lowest BCUT2D eigenvalue weighted by Gasteiger charge is -2.18. The SMILES string of the molecule is Cc1ccn(CCCNC(=O)C(c2ccccc2)c2ccccc2)c(=O)c1. The van der Waals surface area contributed by atoms with Crippen molar-refractivity contribution in [3.05, 3.63) is 106 Å². The molecule has 0 saturated carbocycles. The Hall–Kier alpha value is -3.14. The van der Waals surface area contributed by atoms with E-state index >= 15 is 0 Å². The topological polar surface area (TPSA) is 51.1 Å².